The Hall–Kier alpha value is -6.10. The Kier molecular flexibility index (Phi) is 17.4. The van der Waals surface area contributed by atoms with E-state index >= 15 is 0 Å². The summed E-state index contributed by atoms with van der Waals surface area (Å²) in [5.41, 5.74) is 5.31. The van der Waals surface area contributed by atoms with E-state index in [1.165, 1.54) is 29.2 Å². The highest BCUT2D eigenvalue weighted by molar-refractivity contribution is 6.03. The van der Waals surface area contributed by atoms with Crippen molar-refractivity contribution in [3.05, 3.63) is 148 Å². The number of aliphatic hydroxyl groups is 3. The van der Waals surface area contributed by atoms with Crippen LogP contribution in [-0.4, -0.2) is 95.0 Å². The van der Waals surface area contributed by atoms with Gasteiger partial charge in [0.1, 0.15) is 35.6 Å². The lowest BCUT2D eigenvalue weighted by Crippen LogP contribution is -2.70. The summed E-state index contributed by atoms with van der Waals surface area (Å²) in [5, 5.41) is 46.1. The van der Waals surface area contributed by atoms with Gasteiger partial charge in [0.2, 0.25) is 5.79 Å². The predicted molar refractivity (Wildman–Crippen MR) is 256 cm³/mol. The van der Waals surface area contributed by atoms with Gasteiger partial charge in [0.15, 0.2) is 0 Å². The zero-order chi connectivity index (χ0) is 48.0. The molecular formula is C53H63N3O12. The number of hydrogen-bond acceptors (Lipinski definition) is 13. The molecule has 3 N–H and O–H groups in total. The van der Waals surface area contributed by atoms with Crippen LogP contribution < -0.4 is 14.2 Å². The summed E-state index contributed by atoms with van der Waals surface area (Å²) in [4.78, 5) is 33.6. The summed E-state index contributed by atoms with van der Waals surface area (Å²) in [7, 11) is 0. The standard InChI is InChI=1S/C53H63N3O12/c1-4-28-64-53-49(55(24-29-63-30-27-59)52(60)67-41-20-17-40(18-21-41)56(61)62)34-47(54-65-35-38-12-6-5-7-13-38)45-32-39(14-8-10-25-57)44(15-9-11-26-58)50(51(45)53)46-33-43(22-23-48(46)68-53)66-42-19-16-36(2)37(3)31-42/h4-7,12-13,16-23,31-33,39,44,49-51,57-59H,1,8-11,14-15,24-30,34-35H2,2-3H3/t39-,44+,49-,50+,51+,53+/m0/s1. The number of amides is 1. The maximum Gasteiger partial charge on any atom is 0.415 e. The molecule has 0 aromatic heterocycles. The molecule has 1 aliphatic heterocycles. The number of aliphatic hydroxyl groups excluding tert-OH is 3. The maximum absolute atomic E-state index is 14.9. The molecule has 0 spiro atoms. The molecule has 68 heavy (non-hydrogen) atoms. The molecule has 1 amide bonds. The molecule has 362 valence electrons. The van der Waals surface area contributed by atoms with E-state index in [1.54, 1.807) is 6.08 Å². The van der Waals surface area contributed by atoms with E-state index in [4.69, 9.17) is 33.7 Å². The van der Waals surface area contributed by atoms with Crippen LogP contribution in [0.5, 0.6) is 23.0 Å². The number of allylic oxidation sites excluding steroid dienone is 1. The average molecular weight is 934 g/mol. The normalized spacial score (nSPS) is 22.0. The second kappa shape index (κ2) is 23.8. The van der Waals surface area contributed by atoms with Gasteiger partial charge in [-0.15, -0.1) is 6.58 Å². The highest BCUT2D eigenvalue weighted by atomic mass is 16.7. The van der Waals surface area contributed by atoms with Crippen molar-refractivity contribution in [1.82, 2.24) is 4.90 Å². The number of ether oxygens (including phenoxy) is 5. The minimum Gasteiger partial charge on any atom is -0.459 e. The molecule has 0 saturated heterocycles. The summed E-state index contributed by atoms with van der Waals surface area (Å²) in [5.74, 6) is -0.688. The van der Waals surface area contributed by atoms with E-state index in [2.05, 4.69) is 19.6 Å². The molecular weight excluding hydrogens is 871 g/mol. The van der Waals surface area contributed by atoms with Crippen LogP contribution in [0.1, 0.15) is 73.1 Å². The minimum atomic E-state index is -1.61. The quantitative estimate of drug-likeness (QED) is 0.0262. The van der Waals surface area contributed by atoms with E-state index in [-0.39, 0.29) is 88.4 Å². The topological polar surface area (TPSA) is 192 Å². The molecule has 0 unspecified atom stereocenters. The van der Waals surface area contributed by atoms with Crippen LogP contribution in [0, 0.1) is 41.7 Å². The zero-order valence-corrected chi connectivity index (χ0v) is 38.9. The fourth-order valence-electron chi connectivity index (χ4n) is 9.88. The number of aryl methyl sites for hydroxylation is 2. The fraction of sp³-hybridized carbons (Fsp3) is 0.434. The third-order valence-electron chi connectivity index (χ3n) is 13.2. The van der Waals surface area contributed by atoms with Gasteiger partial charge in [-0.2, -0.15) is 0 Å². The van der Waals surface area contributed by atoms with Gasteiger partial charge in [0, 0.05) is 49.8 Å². The first-order valence-corrected chi connectivity index (χ1v) is 23.5. The smallest absolute Gasteiger partial charge is 0.415 e. The Morgan fingerprint density at radius 2 is 1.62 bits per heavy atom. The Balaban J connectivity index is 1.43. The van der Waals surface area contributed by atoms with Crippen molar-refractivity contribution in [3.8, 4) is 23.0 Å². The Bertz CT molecular complexity index is 2390. The number of oxime groups is 1. The number of hydrogen-bond donors (Lipinski definition) is 3. The second-order valence-corrected chi connectivity index (χ2v) is 17.5. The van der Waals surface area contributed by atoms with Crippen LogP contribution in [0.2, 0.25) is 0 Å². The van der Waals surface area contributed by atoms with Crippen molar-refractivity contribution < 1.29 is 53.6 Å². The summed E-state index contributed by atoms with van der Waals surface area (Å²) in [6.07, 6.45) is 7.43. The van der Waals surface area contributed by atoms with Gasteiger partial charge in [-0.1, -0.05) is 66.5 Å². The second-order valence-electron chi connectivity index (χ2n) is 17.5. The SMILES string of the molecule is C=CCO[C@@]12Oc3ccc(Oc4ccc(C)c(C)c4)cc3[C@H]3[C@H](CCCCO)[C@@H](CCCCO)C=C(C(=NOCc4ccccc4)C[C@@H]1N(CCOCCO)C(=O)Oc1ccc([N+](=O)[O-])cc1)[C@H]32. The Morgan fingerprint density at radius 1 is 0.897 bits per heavy atom. The Labute approximate surface area is 397 Å². The molecule has 15 nitrogen and oxygen atoms in total. The number of nitro groups is 1. The first kappa shape index (κ1) is 49.8. The number of carbonyl (C=O) groups excluding carboxylic acids is 1. The number of nitro benzene ring substituents is 1. The minimum absolute atomic E-state index is 0.00419. The number of unbranched alkanes of at least 4 members (excludes halogenated alkanes) is 2. The molecule has 3 aliphatic rings. The monoisotopic (exact) mass is 933 g/mol. The Morgan fingerprint density at radius 3 is 2.32 bits per heavy atom. The number of nitrogens with zero attached hydrogens (tertiary/aromatic N) is 3. The summed E-state index contributed by atoms with van der Waals surface area (Å²) in [6.45, 7) is 8.19. The summed E-state index contributed by atoms with van der Waals surface area (Å²) < 4.78 is 32.8. The molecule has 4 aromatic rings. The molecule has 6 atom stereocenters. The van der Waals surface area contributed by atoms with Crippen molar-refractivity contribution in [2.75, 3.05) is 46.2 Å². The van der Waals surface area contributed by atoms with E-state index < -0.39 is 28.8 Å². The maximum atomic E-state index is 14.9. The highest BCUT2D eigenvalue weighted by Gasteiger charge is 2.65. The molecule has 1 fully saturated rings. The molecule has 1 heterocycles. The average Bonchev–Trinajstić information content (AvgIpc) is 3.34. The lowest BCUT2D eigenvalue weighted by atomic mass is 9.55. The van der Waals surface area contributed by atoms with Crippen LogP contribution in [0.25, 0.3) is 0 Å². The third-order valence-corrected chi connectivity index (χ3v) is 13.2. The van der Waals surface area contributed by atoms with Gasteiger partial charge in [0.25, 0.3) is 5.69 Å². The number of benzene rings is 4. The zero-order valence-electron chi connectivity index (χ0n) is 38.9. The number of fused-ring (bicyclic) bond motifs is 2. The van der Waals surface area contributed by atoms with Gasteiger partial charge >= 0.3 is 6.09 Å². The predicted octanol–water partition coefficient (Wildman–Crippen LogP) is 9.35. The van der Waals surface area contributed by atoms with Crippen LogP contribution in [-0.2, 0) is 20.9 Å². The van der Waals surface area contributed by atoms with Gasteiger partial charge in [-0.25, -0.2) is 4.79 Å². The molecule has 1 saturated carbocycles. The van der Waals surface area contributed by atoms with Crippen LogP contribution >= 0.6 is 0 Å². The fourth-order valence-corrected chi connectivity index (χ4v) is 9.88. The van der Waals surface area contributed by atoms with Crippen LogP contribution in [0.3, 0.4) is 0 Å². The number of non-ortho nitro benzene ring substituents is 1. The first-order chi connectivity index (χ1) is 33.1. The molecule has 2 aliphatic carbocycles. The van der Waals surface area contributed by atoms with Gasteiger partial charge in [-0.3, -0.25) is 15.0 Å². The summed E-state index contributed by atoms with van der Waals surface area (Å²) in [6, 6.07) is 25.7. The van der Waals surface area contributed by atoms with E-state index in [0.29, 0.717) is 35.8 Å². The molecule has 15 heteroatoms. The first-order valence-electron chi connectivity index (χ1n) is 23.5. The molecule has 0 bridgehead atoms. The third kappa shape index (κ3) is 11.6. The molecule has 7 rings (SSSR count). The molecule has 0 radical (unpaired) electrons. The van der Waals surface area contributed by atoms with E-state index in [1.807, 2.05) is 73.7 Å². The number of rotatable bonds is 24. The number of carbonyl (C=O) groups is 1. The van der Waals surface area contributed by atoms with Gasteiger partial charge in [-0.05, 0) is 116 Å². The van der Waals surface area contributed by atoms with Crippen molar-refractivity contribution in [2.24, 2.45) is 22.9 Å². The van der Waals surface area contributed by atoms with Crippen molar-refractivity contribution in [1.29, 1.82) is 0 Å². The van der Waals surface area contributed by atoms with Crippen molar-refractivity contribution in [3.63, 3.8) is 0 Å². The largest absolute Gasteiger partial charge is 0.459 e. The summed E-state index contributed by atoms with van der Waals surface area (Å²) >= 11 is 0. The van der Waals surface area contributed by atoms with Crippen LogP contribution in [0.4, 0.5) is 10.5 Å². The van der Waals surface area contributed by atoms with Gasteiger partial charge in [0.05, 0.1) is 43.0 Å². The van der Waals surface area contributed by atoms with Crippen LogP contribution in [0.15, 0.2) is 120 Å². The molecule has 4 aromatic carbocycles. The highest BCUT2D eigenvalue weighted by Crippen LogP contribution is 2.62. The lowest BCUT2D eigenvalue weighted by molar-refractivity contribution is -0.384. The van der Waals surface area contributed by atoms with Crippen molar-refractivity contribution in [2.45, 2.75) is 83.1 Å². The lowest BCUT2D eigenvalue weighted by Gasteiger charge is -2.59. The van der Waals surface area contributed by atoms with E-state index in [0.717, 1.165) is 53.5 Å². The van der Waals surface area contributed by atoms with E-state index in [9.17, 15) is 30.2 Å². The van der Waals surface area contributed by atoms with Gasteiger partial charge < -0.3 is 43.8 Å². The van der Waals surface area contributed by atoms with Crippen molar-refractivity contribution >= 4 is 17.5 Å².